The quantitative estimate of drug-likeness (QED) is 0.488. The molecule has 1 aliphatic rings. The van der Waals surface area contributed by atoms with Crippen molar-refractivity contribution in [1.82, 2.24) is 0 Å². The summed E-state index contributed by atoms with van der Waals surface area (Å²) in [6.07, 6.45) is 7.69. The van der Waals surface area contributed by atoms with E-state index in [0.29, 0.717) is 5.92 Å². The molecule has 1 aliphatic carbocycles. The summed E-state index contributed by atoms with van der Waals surface area (Å²) in [4.78, 5) is 0. The minimum absolute atomic E-state index is 0.381. The highest BCUT2D eigenvalue weighted by Crippen LogP contribution is 2.31. The van der Waals surface area contributed by atoms with Crippen LogP contribution in [0.4, 0.5) is 0 Å². The molecule has 1 unspecified atom stereocenters. The normalized spacial score (nSPS) is 20.8. The molecule has 0 fully saturated rings. The van der Waals surface area contributed by atoms with Crippen molar-refractivity contribution in [2.75, 3.05) is 0 Å². The van der Waals surface area contributed by atoms with Crippen molar-refractivity contribution in [3.63, 3.8) is 0 Å². The highest BCUT2D eigenvalue weighted by atomic mass is 14.2. The Hall–Kier alpha value is -1.22. The van der Waals surface area contributed by atoms with Crippen LogP contribution in [0, 0.1) is 12.3 Å². The van der Waals surface area contributed by atoms with E-state index in [9.17, 15) is 0 Å². The molecule has 0 saturated heterocycles. The van der Waals surface area contributed by atoms with Crippen LogP contribution in [0.1, 0.15) is 23.5 Å². The monoisotopic (exact) mass is 142 g/mol. The van der Waals surface area contributed by atoms with E-state index in [2.05, 4.69) is 30.2 Å². The fourth-order valence-electron chi connectivity index (χ4n) is 1.73. The topological polar surface area (TPSA) is 0 Å². The van der Waals surface area contributed by atoms with Crippen LogP contribution in [0.15, 0.2) is 24.3 Å². The summed E-state index contributed by atoms with van der Waals surface area (Å²) in [6, 6.07) is 8.46. The Balaban J connectivity index is 2.49. The zero-order valence-electron chi connectivity index (χ0n) is 6.38. The van der Waals surface area contributed by atoms with Gasteiger partial charge < -0.3 is 0 Å². The lowest BCUT2D eigenvalue weighted by molar-refractivity contribution is 0.837. The van der Waals surface area contributed by atoms with Gasteiger partial charge in [-0.2, -0.15) is 0 Å². The molecule has 1 aromatic rings. The van der Waals surface area contributed by atoms with Crippen molar-refractivity contribution < 1.29 is 0 Å². The molecule has 0 aromatic heterocycles. The van der Waals surface area contributed by atoms with Gasteiger partial charge in [0.05, 0.1) is 0 Å². The number of hydrogen-bond acceptors (Lipinski definition) is 0. The van der Waals surface area contributed by atoms with Crippen LogP contribution in [0.5, 0.6) is 0 Å². The molecular formula is C11H10. The fraction of sp³-hybridized carbons (Fsp3) is 0.273. The first-order valence-electron chi connectivity index (χ1n) is 3.96. The van der Waals surface area contributed by atoms with E-state index in [1.807, 2.05) is 0 Å². The number of terminal acetylenes is 1. The third-order valence-corrected chi connectivity index (χ3v) is 2.33. The Morgan fingerprint density at radius 3 is 3.00 bits per heavy atom. The number of benzene rings is 1. The highest BCUT2D eigenvalue weighted by molar-refractivity contribution is 5.39. The van der Waals surface area contributed by atoms with E-state index in [4.69, 9.17) is 6.42 Å². The highest BCUT2D eigenvalue weighted by Gasteiger charge is 2.18. The van der Waals surface area contributed by atoms with Crippen molar-refractivity contribution in [3.8, 4) is 12.3 Å². The van der Waals surface area contributed by atoms with Gasteiger partial charge in [0.1, 0.15) is 0 Å². The van der Waals surface area contributed by atoms with E-state index >= 15 is 0 Å². The molecule has 0 heterocycles. The molecule has 0 radical (unpaired) electrons. The van der Waals surface area contributed by atoms with Crippen LogP contribution < -0.4 is 0 Å². The van der Waals surface area contributed by atoms with Gasteiger partial charge in [0.25, 0.3) is 0 Å². The Labute approximate surface area is 67.2 Å². The average Bonchev–Trinajstić information content (AvgIpc) is 2.47. The second kappa shape index (κ2) is 2.43. The molecule has 0 N–H and O–H groups in total. The van der Waals surface area contributed by atoms with E-state index < -0.39 is 0 Å². The second-order valence-corrected chi connectivity index (χ2v) is 2.96. The van der Waals surface area contributed by atoms with Crippen LogP contribution in [-0.2, 0) is 6.42 Å². The van der Waals surface area contributed by atoms with E-state index in [0.717, 1.165) is 12.8 Å². The van der Waals surface area contributed by atoms with Gasteiger partial charge in [-0.25, -0.2) is 0 Å². The first-order valence-corrected chi connectivity index (χ1v) is 3.96. The van der Waals surface area contributed by atoms with Gasteiger partial charge in [-0.15, -0.1) is 6.42 Å². The van der Waals surface area contributed by atoms with E-state index in [1.165, 1.54) is 11.1 Å². The molecule has 0 aliphatic heterocycles. The Morgan fingerprint density at radius 2 is 2.18 bits per heavy atom. The predicted octanol–water partition coefficient (Wildman–Crippen LogP) is 2.35. The molecule has 0 bridgehead atoms. The molecule has 2 rings (SSSR count). The summed E-state index contributed by atoms with van der Waals surface area (Å²) < 4.78 is 0. The summed E-state index contributed by atoms with van der Waals surface area (Å²) in [5, 5.41) is 0. The molecule has 0 spiro atoms. The van der Waals surface area contributed by atoms with Crippen molar-refractivity contribution in [1.29, 1.82) is 0 Å². The van der Waals surface area contributed by atoms with Crippen LogP contribution in [-0.4, -0.2) is 0 Å². The third kappa shape index (κ3) is 0.935. The summed E-state index contributed by atoms with van der Waals surface area (Å²) in [5.74, 6) is 3.20. The minimum atomic E-state index is 0.381. The Kier molecular flexibility index (Phi) is 1.43. The van der Waals surface area contributed by atoms with Crippen molar-refractivity contribution >= 4 is 0 Å². The summed E-state index contributed by atoms with van der Waals surface area (Å²) in [5.41, 5.74) is 2.81. The molecule has 54 valence electrons. The molecule has 11 heavy (non-hydrogen) atoms. The largest absolute Gasteiger partial charge is 0.119 e. The first-order chi connectivity index (χ1) is 5.42. The Morgan fingerprint density at radius 1 is 1.36 bits per heavy atom. The van der Waals surface area contributed by atoms with E-state index in [-0.39, 0.29) is 0 Å². The van der Waals surface area contributed by atoms with Gasteiger partial charge >= 0.3 is 0 Å². The first kappa shape index (κ1) is 6.49. The van der Waals surface area contributed by atoms with Crippen LogP contribution in [0.2, 0.25) is 0 Å². The lowest BCUT2D eigenvalue weighted by Gasteiger charge is -2.00. The van der Waals surface area contributed by atoms with Crippen LogP contribution in [0.3, 0.4) is 0 Å². The number of fused-ring (bicyclic) bond motifs is 1. The fourth-order valence-corrected chi connectivity index (χ4v) is 1.73. The Bertz CT molecular complexity index is 304. The maximum Gasteiger partial charge on any atom is 0.0455 e. The van der Waals surface area contributed by atoms with Crippen molar-refractivity contribution in [2.24, 2.45) is 0 Å². The molecule has 0 heteroatoms. The molecule has 0 amide bonds. The van der Waals surface area contributed by atoms with Gasteiger partial charge in [0.15, 0.2) is 0 Å². The SMILES string of the molecule is C#CC1CCc2ccccc21. The minimum Gasteiger partial charge on any atom is -0.119 e. The molecule has 0 nitrogen and oxygen atoms in total. The maximum atomic E-state index is 5.40. The summed E-state index contributed by atoms with van der Waals surface area (Å²) in [7, 11) is 0. The smallest absolute Gasteiger partial charge is 0.0455 e. The predicted molar refractivity (Wildman–Crippen MR) is 46.3 cm³/mol. The van der Waals surface area contributed by atoms with Gasteiger partial charge in [0, 0.05) is 5.92 Å². The molecular weight excluding hydrogens is 132 g/mol. The van der Waals surface area contributed by atoms with E-state index in [1.54, 1.807) is 0 Å². The third-order valence-electron chi connectivity index (χ3n) is 2.33. The summed E-state index contributed by atoms with van der Waals surface area (Å²) >= 11 is 0. The zero-order chi connectivity index (χ0) is 7.68. The van der Waals surface area contributed by atoms with Crippen LogP contribution in [0.25, 0.3) is 0 Å². The molecule has 1 aromatic carbocycles. The van der Waals surface area contributed by atoms with Crippen molar-refractivity contribution in [3.05, 3.63) is 35.4 Å². The number of hydrogen-bond donors (Lipinski definition) is 0. The summed E-state index contributed by atoms with van der Waals surface area (Å²) in [6.45, 7) is 0. The molecule has 1 atom stereocenters. The van der Waals surface area contributed by atoms with Gasteiger partial charge in [-0.05, 0) is 24.0 Å². The van der Waals surface area contributed by atoms with Gasteiger partial charge in [-0.1, -0.05) is 30.2 Å². The van der Waals surface area contributed by atoms with Crippen LogP contribution >= 0.6 is 0 Å². The molecule has 0 saturated carbocycles. The average molecular weight is 142 g/mol. The standard InChI is InChI=1S/C11H10/c1-2-9-7-8-10-5-3-4-6-11(9)10/h1,3-6,9H,7-8H2. The maximum absolute atomic E-state index is 5.40. The number of aryl methyl sites for hydroxylation is 1. The van der Waals surface area contributed by atoms with Gasteiger partial charge in [0.2, 0.25) is 0 Å². The number of rotatable bonds is 0. The lowest BCUT2D eigenvalue weighted by Crippen LogP contribution is -1.86. The van der Waals surface area contributed by atoms with Gasteiger partial charge in [-0.3, -0.25) is 0 Å². The second-order valence-electron chi connectivity index (χ2n) is 2.96. The lowest BCUT2D eigenvalue weighted by atomic mass is 10.0. The van der Waals surface area contributed by atoms with Crippen molar-refractivity contribution in [2.45, 2.75) is 18.8 Å². The zero-order valence-corrected chi connectivity index (χ0v) is 6.38.